The maximum atomic E-state index is 2.58. The standard InChI is InChI=1S/2C36H39.C2H6Si.2ClH.Zr/c2*1-22-7-23(2)10-30(9-22)32-5-6-33(31-11-24(3)8-25(4)12-31)35-17-29(16-34(32)35)21-36-18-26-13-27(19-36)15-28(14-26)20-36;1-3-2;;;/h2*5-12,16-17,26-28H,13-15,18-21H2,1-4H3;1-2H3;2*1H;/q2*-1;;;;+2/p-2. The molecule has 8 aliphatic rings. The van der Waals surface area contributed by atoms with Crippen LogP contribution in [0.5, 0.6) is 0 Å². The molecule has 0 heterocycles. The van der Waals surface area contributed by atoms with Crippen molar-refractivity contribution in [2.45, 2.75) is 158 Å². The van der Waals surface area contributed by atoms with Crippen molar-refractivity contribution in [2.24, 2.45) is 46.3 Å². The Labute approximate surface area is 497 Å². The normalized spacial score (nSPS) is 25.0. The molecule has 404 valence electrons. The monoisotopic (exact) mass is 1160 g/mol. The molecule has 0 radical (unpaired) electrons. The summed E-state index contributed by atoms with van der Waals surface area (Å²) in [4.78, 5) is 0. The molecule has 0 saturated heterocycles. The van der Waals surface area contributed by atoms with Crippen molar-refractivity contribution in [1.29, 1.82) is 0 Å². The van der Waals surface area contributed by atoms with E-state index in [-0.39, 0.29) is 30.2 Å². The van der Waals surface area contributed by atoms with Crippen LogP contribution in [-0.2, 0) is 36.2 Å². The maximum Gasteiger partial charge on any atom is -0.0265 e. The van der Waals surface area contributed by atoms with Gasteiger partial charge < -0.3 is 24.8 Å². The molecule has 0 aliphatic heterocycles. The number of rotatable bonds is 8. The number of benzene rings is 6. The Morgan fingerprint density at radius 2 is 0.590 bits per heavy atom. The fourth-order valence-corrected chi connectivity index (χ4v) is 18.3. The Hall–Kier alpha value is -3.78. The zero-order valence-corrected chi connectivity index (χ0v) is 53.6. The van der Waals surface area contributed by atoms with Gasteiger partial charge in [0, 0.05) is 0 Å². The molecule has 0 spiro atoms. The van der Waals surface area contributed by atoms with Crippen molar-refractivity contribution in [2.75, 3.05) is 0 Å². The SMILES string of the molecule is C[Si](C)=[Zr+2].Cc1cc(C)cc(-c2ccc(-c3cc(C)cc(C)c3)c3[cH-]c(CC45CC6CC(CC(C6)C4)C5)cc23)c1.Cc1cc(C)cc(-c2ccc(-c3cc(C)cc(C)c3)c3[cH-]c(CC45CC6CC(CC(C6)C4)C5)cc23)c1.[Cl-].[Cl-]. The molecule has 8 aliphatic carbocycles. The van der Waals surface area contributed by atoms with E-state index in [0.29, 0.717) is 10.8 Å². The molecular formula is C74H84Cl2SiZr-2. The second kappa shape index (κ2) is 22.9. The van der Waals surface area contributed by atoms with Gasteiger partial charge in [-0.3, -0.25) is 0 Å². The molecule has 8 aromatic rings. The van der Waals surface area contributed by atoms with Crippen LogP contribution < -0.4 is 24.8 Å². The molecule has 0 nitrogen and oxygen atoms in total. The van der Waals surface area contributed by atoms with E-state index in [1.165, 1.54) is 200 Å². The van der Waals surface area contributed by atoms with Crippen LogP contribution in [0.2, 0.25) is 13.1 Å². The number of aryl methyl sites for hydroxylation is 8. The average molecular weight is 1160 g/mol. The predicted molar refractivity (Wildman–Crippen MR) is 325 cm³/mol. The first kappa shape index (κ1) is 57.5. The van der Waals surface area contributed by atoms with Crippen LogP contribution in [-0.4, -0.2) is 5.43 Å². The molecule has 4 heteroatoms. The summed E-state index contributed by atoms with van der Waals surface area (Å²) in [7, 11) is 0. The van der Waals surface area contributed by atoms with Crippen LogP contribution >= 0.6 is 0 Å². The number of hydrogen-bond donors (Lipinski definition) is 0. The van der Waals surface area contributed by atoms with Gasteiger partial charge in [0.1, 0.15) is 0 Å². The molecule has 0 amide bonds. The number of hydrogen-bond acceptors (Lipinski definition) is 0. The first-order valence-corrected chi connectivity index (χ1v) is 35.9. The van der Waals surface area contributed by atoms with Crippen LogP contribution in [0.25, 0.3) is 66.1 Å². The van der Waals surface area contributed by atoms with Crippen molar-refractivity contribution >= 4 is 27.0 Å². The third kappa shape index (κ3) is 12.1. The van der Waals surface area contributed by atoms with Crippen LogP contribution in [0.15, 0.2) is 121 Å². The minimum absolute atomic E-state index is 0. The summed E-state index contributed by atoms with van der Waals surface area (Å²) in [6.45, 7) is 22.4. The molecule has 0 N–H and O–H groups in total. The first-order chi connectivity index (χ1) is 36.4. The Morgan fingerprint density at radius 1 is 0.372 bits per heavy atom. The Bertz CT molecular complexity index is 2980. The molecule has 8 saturated carbocycles. The van der Waals surface area contributed by atoms with Gasteiger partial charge in [-0.25, -0.2) is 0 Å². The fraction of sp³-hybridized carbons (Fsp3) is 0.432. The van der Waals surface area contributed by atoms with E-state index in [4.69, 9.17) is 0 Å². The summed E-state index contributed by atoms with van der Waals surface area (Å²) in [6, 6.07) is 47.9. The van der Waals surface area contributed by atoms with Gasteiger partial charge in [-0.2, -0.15) is 12.1 Å². The van der Waals surface area contributed by atoms with Crippen molar-refractivity contribution in [3.8, 4) is 44.5 Å². The van der Waals surface area contributed by atoms with Gasteiger partial charge in [0.05, 0.1) is 0 Å². The van der Waals surface area contributed by atoms with Gasteiger partial charge in [-0.1, -0.05) is 175 Å². The average Bonchev–Trinajstić information content (AvgIpc) is 4.12. The smallest absolute Gasteiger partial charge is 0.0265 e. The molecule has 8 bridgehead atoms. The molecule has 8 aromatic carbocycles. The van der Waals surface area contributed by atoms with Crippen molar-refractivity contribution in [3.63, 3.8) is 0 Å². The third-order valence-electron chi connectivity index (χ3n) is 19.5. The van der Waals surface area contributed by atoms with E-state index >= 15 is 0 Å². The Morgan fingerprint density at radius 3 is 0.833 bits per heavy atom. The first-order valence-electron chi connectivity index (χ1n) is 29.7. The molecular weight excluding hydrogens is 1080 g/mol. The summed E-state index contributed by atoms with van der Waals surface area (Å²) < 4.78 is 0. The van der Waals surface area contributed by atoms with Gasteiger partial charge in [0.25, 0.3) is 0 Å². The van der Waals surface area contributed by atoms with E-state index in [2.05, 4.69) is 190 Å². The van der Waals surface area contributed by atoms with Crippen LogP contribution in [0.1, 0.15) is 133 Å². The van der Waals surface area contributed by atoms with E-state index in [1.807, 2.05) is 0 Å². The number of fused-ring (bicyclic) bond motifs is 2. The zero-order valence-electron chi connectivity index (χ0n) is 48.7. The van der Waals surface area contributed by atoms with Crippen LogP contribution in [0.4, 0.5) is 0 Å². The zero-order chi connectivity index (χ0) is 52.8. The molecule has 16 rings (SSSR count). The van der Waals surface area contributed by atoms with E-state index in [1.54, 1.807) is 34.5 Å². The summed E-state index contributed by atoms with van der Waals surface area (Å²) >= 11 is 1.74. The van der Waals surface area contributed by atoms with Crippen molar-refractivity contribution in [1.82, 2.24) is 0 Å². The van der Waals surface area contributed by atoms with E-state index < -0.39 is 0 Å². The maximum absolute atomic E-state index is 2.58. The Balaban J connectivity index is 0.000000161. The van der Waals surface area contributed by atoms with Gasteiger partial charge in [0.15, 0.2) is 0 Å². The molecule has 8 fully saturated rings. The summed E-state index contributed by atoms with van der Waals surface area (Å²) in [5.41, 5.74) is 26.3. The Kier molecular flexibility index (Phi) is 16.8. The number of halogens is 2. The van der Waals surface area contributed by atoms with Crippen molar-refractivity contribution < 1.29 is 48.1 Å². The predicted octanol–water partition coefficient (Wildman–Crippen LogP) is 14.6. The van der Waals surface area contributed by atoms with E-state index in [9.17, 15) is 0 Å². The molecule has 0 atom stereocenters. The molecule has 0 unspecified atom stereocenters. The third-order valence-corrected chi connectivity index (χ3v) is 19.5. The van der Waals surface area contributed by atoms with Crippen LogP contribution in [0.3, 0.4) is 0 Å². The summed E-state index contributed by atoms with van der Waals surface area (Å²) in [6.07, 6.45) is 20.6. The van der Waals surface area contributed by atoms with Gasteiger partial charge in [-0.15, -0.1) is 44.8 Å². The minimum Gasteiger partial charge on any atom is -1.00 e. The van der Waals surface area contributed by atoms with Crippen LogP contribution in [0, 0.1) is 102 Å². The second-order valence-electron chi connectivity index (χ2n) is 27.4. The fourth-order valence-electron chi connectivity index (χ4n) is 18.3. The molecule has 78 heavy (non-hydrogen) atoms. The largest absolute Gasteiger partial charge is 1.00 e. The van der Waals surface area contributed by atoms with E-state index in [0.717, 1.165) is 35.5 Å². The van der Waals surface area contributed by atoms with Gasteiger partial charge >= 0.3 is 41.9 Å². The summed E-state index contributed by atoms with van der Waals surface area (Å²) in [5.74, 6) is 6.07. The molecule has 0 aromatic heterocycles. The van der Waals surface area contributed by atoms with Crippen molar-refractivity contribution in [3.05, 3.63) is 177 Å². The second-order valence-corrected chi connectivity index (χ2v) is 36.8. The topological polar surface area (TPSA) is 0 Å². The van der Waals surface area contributed by atoms with Gasteiger partial charge in [-0.05, 0) is 203 Å². The quantitative estimate of drug-likeness (QED) is 0.105. The minimum atomic E-state index is 0. The van der Waals surface area contributed by atoms with Gasteiger partial charge in [0.2, 0.25) is 0 Å². The summed E-state index contributed by atoms with van der Waals surface area (Å²) in [5, 5.41) is 5.76.